The summed E-state index contributed by atoms with van der Waals surface area (Å²) in [6, 6.07) is 0. The Morgan fingerprint density at radius 3 is 1.91 bits per heavy atom. The molecule has 11 heavy (non-hydrogen) atoms. The molecule has 0 aromatic heterocycles. The maximum atomic E-state index is 9.25. The molecule has 0 saturated carbocycles. The molecule has 0 fully saturated rings. The van der Waals surface area contributed by atoms with Crippen LogP contribution in [0.25, 0.3) is 0 Å². The molecule has 0 aliphatic rings. The van der Waals surface area contributed by atoms with E-state index in [1.807, 2.05) is 6.08 Å². The summed E-state index contributed by atoms with van der Waals surface area (Å²) in [5.74, 6) is -0.201. The van der Waals surface area contributed by atoms with E-state index in [2.05, 4.69) is 27.0 Å². The van der Waals surface area contributed by atoms with Crippen molar-refractivity contribution in [1.82, 2.24) is 0 Å². The summed E-state index contributed by atoms with van der Waals surface area (Å²) in [5, 5.41) is 7.60. The van der Waals surface area contributed by atoms with Gasteiger partial charge in [-0.3, -0.25) is 0 Å². The molecule has 0 atom stereocenters. The third-order valence-corrected chi connectivity index (χ3v) is 0.813. The van der Waals surface area contributed by atoms with Gasteiger partial charge in [-0.15, -0.1) is 6.58 Å². The first-order chi connectivity index (χ1) is 5.04. The van der Waals surface area contributed by atoms with E-state index in [9.17, 15) is 4.79 Å². The van der Waals surface area contributed by atoms with E-state index in [-0.39, 0.29) is 0 Å². The van der Waals surface area contributed by atoms with E-state index < -0.39 is 5.97 Å². The fraction of sp³-hybridized carbons (Fsp3) is 0.444. The quantitative estimate of drug-likeness (QED) is 0.503. The summed E-state index contributed by atoms with van der Waals surface area (Å²) in [7, 11) is 0. The summed E-state index contributed by atoms with van der Waals surface area (Å²) in [5.41, 5.74) is 0. The maximum absolute atomic E-state index is 9.25. The van der Waals surface area contributed by atoms with Crippen molar-refractivity contribution < 1.29 is 9.90 Å². The molecule has 0 spiro atoms. The van der Waals surface area contributed by atoms with Crippen molar-refractivity contribution in [1.29, 1.82) is 0 Å². The van der Waals surface area contributed by atoms with Gasteiger partial charge in [-0.1, -0.05) is 26.5 Å². The largest absolute Gasteiger partial charge is 0.478 e. The molecule has 0 radical (unpaired) electrons. The first-order valence-electron chi connectivity index (χ1n) is 3.50. The molecule has 0 saturated heterocycles. The van der Waals surface area contributed by atoms with Crippen LogP contribution in [0.1, 0.15) is 20.3 Å². The van der Waals surface area contributed by atoms with Gasteiger partial charge in [0.1, 0.15) is 0 Å². The number of aliphatic carboxylic acids is 1. The fourth-order valence-corrected chi connectivity index (χ4v) is 0.333. The molecule has 0 heterocycles. The number of carboxylic acid groups (broad SMARTS) is 1. The molecular formula is C9H16O2. The van der Waals surface area contributed by atoms with Gasteiger partial charge >= 0.3 is 5.97 Å². The normalized spacial score (nSPS) is 7.91. The van der Waals surface area contributed by atoms with E-state index in [4.69, 9.17) is 5.11 Å². The molecule has 0 rings (SSSR count). The Kier molecular flexibility index (Phi) is 10.3. The molecule has 0 aromatic rings. The van der Waals surface area contributed by atoms with Crippen LogP contribution in [-0.4, -0.2) is 11.1 Å². The highest BCUT2D eigenvalue weighted by molar-refractivity contribution is 5.78. The molecule has 1 N–H and O–H groups in total. The van der Waals surface area contributed by atoms with Crippen LogP contribution >= 0.6 is 0 Å². The Labute approximate surface area is 68.2 Å². The Morgan fingerprint density at radius 1 is 1.55 bits per heavy atom. The number of allylic oxidation sites excluding steroid dienone is 1. The van der Waals surface area contributed by atoms with Gasteiger partial charge in [-0.2, -0.15) is 0 Å². The summed E-state index contributed by atoms with van der Waals surface area (Å²) in [4.78, 5) is 9.25. The van der Waals surface area contributed by atoms with Crippen LogP contribution in [0.4, 0.5) is 0 Å². The van der Waals surface area contributed by atoms with Crippen molar-refractivity contribution >= 4 is 5.97 Å². The highest BCUT2D eigenvalue weighted by Gasteiger charge is 1.82. The molecule has 0 aromatic carbocycles. The highest BCUT2D eigenvalue weighted by atomic mass is 16.4. The van der Waals surface area contributed by atoms with Crippen molar-refractivity contribution in [2.45, 2.75) is 20.3 Å². The van der Waals surface area contributed by atoms with Crippen LogP contribution in [0.15, 0.2) is 25.3 Å². The molecule has 0 amide bonds. The van der Waals surface area contributed by atoms with Crippen LogP contribution < -0.4 is 0 Å². The van der Waals surface area contributed by atoms with Gasteiger partial charge in [0.2, 0.25) is 0 Å². The second-order valence-electron chi connectivity index (χ2n) is 2.46. The lowest BCUT2D eigenvalue weighted by atomic mass is 10.1. The van der Waals surface area contributed by atoms with Gasteiger partial charge in [-0.25, -0.2) is 4.79 Å². The average molecular weight is 156 g/mol. The molecule has 0 aliphatic carbocycles. The van der Waals surface area contributed by atoms with Crippen molar-refractivity contribution in [2.75, 3.05) is 0 Å². The maximum Gasteiger partial charge on any atom is 0.327 e. The molecule has 2 heteroatoms. The Bertz CT molecular complexity index is 126. The zero-order valence-electron chi connectivity index (χ0n) is 7.21. The smallest absolute Gasteiger partial charge is 0.327 e. The van der Waals surface area contributed by atoms with Crippen LogP contribution in [0.2, 0.25) is 0 Å². The Morgan fingerprint density at radius 2 is 1.91 bits per heavy atom. The van der Waals surface area contributed by atoms with E-state index in [1.54, 1.807) is 0 Å². The van der Waals surface area contributed by atoms with E-state index in [0.717, 1.165) is 18.4 Å². The number of carboxylic acids is 1. The number of rotatable bonds is 3. The van der Waals surface area contributed by atoms with Crippen molar-refractivity contribution in [2.24, 2.45) is 5.92 Å². The lowest BCUT2D eigenvalue weighted by molar-refractivity contribution is -0.131. The van der Waals surface area contributed by atoms with Crippen molar-refractivity contribution in [3.05, 3.63) is 25.3 Å². The van der Waals surface area contributed by atoms with E-state index in [1.165, 1.54) is 0 Å². The lowest BCUT2D eigenvalue weighted by Gasteiger charge is -1.92. The SMILES string of the molecule is C=CC(=O)O.C=CCC(C)C. The minimum atomic E-state index is -0.981. The van der Waals surface area contributed by atoms with Gasteiger partial charge in [-0.05, 0) is 12.3 Å². The first-order valence-corrected chi connectivity index (χ1v) is 3.50. The van der Waals surface area contributed by atoms with E-state index >= 15 is 0 Å². The summed E-state index contributed by atoms with van der Waals surface area (Å²) in [6.45, 7) is 10.9. The van der Waals surface area contributed by atoms with Crippen LogP contribution in [0.5, 0.6) is 0 Å². The van der Waals surface area contributed by atoms with Gasteiger partial charge in [0, 0.05) is 6.08 Å². The van der Waals surface area contributed by atoms with Crippen molar-refractivity contribution in [3.63, 3.8) is 0 Å². The second kappa shape index (κ2) is 8.95. The number of hydrogen-bond acceptors (Lipinski definition) is 1. The summed E-state index contributed by atoms with van der Waals surface area (Å²) < 4.78 is 0. The Hall–Kier alpha value is -1.05. The average Bonchev–Trinajstić information content (AvgIpc) is 1.89. The molecular weight excluding hydrogens is 140 g/mol. The third-order valence-electron chi connectivity index (χ3n) is 0.813. The van der Waals surface area contributed by atoms with Gasteiger partial charge in [0.25, 0.3) is 0 Å². The predicted octanol–water partition coefficient (Wildman–Crippen LogP) is 2.48. The predicted molar refractivity (Wildman–Crippen MR) is 47.5 cm³/mol. The van der Waals surface area contributed by atoms with Gasteiger partial charge in [0.05, 0.1) is 0 Å². The summed E-state index contributed by atoms with van der Waals surface area (Å²) in [6.07, 6.45) is 3.92. The first kappa shape index (κ1) is 12.6. The molecule has 2 nitrogen and oxygen atoms in total. The minimum Gasteiger partial charge on any atom is -0.478 e. The molecule has 0 aliphatic heterocycles. The Balaban J connectivity index is 0. The zero-order chi connectivity index (χ0) is 9.28. The van der Waals surface area contributed by atoms with E-state index in [0.29, 0.717) is 0 Å². The summed E-state index contributed by atoms with van der Waals surface area (Å²) >= 11 is 0. The standard InChI is InChI=1S/C6H12.C3H4O2/c1-4-5-6(2)3;1-2-3(4)5/h4,6H,1,5H2,2-3H3;2H,1H2,(H,4,5). The molecule has 0 bridgehead atoms. The zero-order valence-corrected chi connectivity index (χ0v) is 7.21. The molecule has 0 unspecified atom stereocenters. The monoisotopic (exact) mass is 156 g/mol. The van der Waals surface area contributed by atoms with Crippen LogP contribution in [0, 0.1) is 5.92 Å². The third kappa shape index (κ3) is 27.7. The topological polar surface area (TPSA) is 37.3 Å². The van der Waals surface area contributed by atoms with Crippen LogP contribution in [0.3, 0.4) is 0 Å². The lowest BCUT2D eigenvalue weighted by Crippen LogP contribution is -1.82. The minimum absolute atomic E-state index is 0.780. The van der Waals surface area contributed by atoms with Crippen LogP contribution in [-0.2, 0) is 4.79 Å². The van der Waals surface area contributed by atoms with Crippen molar-refractivity contribution in [3.8, 4) is 0 Å². The number of carbonyl (C=O) groups is 1. The van der Waals surface area contributed by atoms with Gasteiger partial charge in [0.15, 0.2) is 0 Å². The number of hydrogen-bond donors (Lipinski definition) is 1. The fourth-order valence-electron chi connectivity index (χ4n) is 0.333. The molecule has 64 valence electrons. The highest BCUT2D eigenvalue weighted by Crippen LogP contribution is 1.96. The van der Waals surface area contributed by atoms with Gasteiger partial charge < -0.3 is 5.11 Å². The second-order valence-corrected chi connectivity index (χ2v) is 2.46.